The second-order valence-electron chi connectivity index (χ2n) is 4.58. The van der Waals surface area contributed by atoms with Crippen LogP contribution in [-0.4, -0.2) is 49.1 Å². The van der Waals surface area contributed by atoms with Crippen molar-refractivity contribution in [2.24, 2.45) is 0 Å². The van der Waals surface area contributed by atoms with E-state index in [-0.39, 0.29) is 6.03 Å². The maximum Gasteiger partial charge on any atom is 0.321 e. The number of halogens is 1. The van der Waals surface area contributed by atoms with E-state index in [0.29, 0.717) is 0 Å². The second kappa shape index (κ2) is 6.20. The molecule has 18 heavy (non-hydrogen) atoms. The highest BCUT2D eigenvalue weighted by Gasteiger charge is 2.17. The van der Waals surface area contributed by atoms with Gasteiger partial charge in [-0.2, -0.15) is 0 Å². The van der Waals surface area contributed by atoms with E-state index >= 15 is 0 Å². The van der Waals surface area contributed by atoms with Gasteiger partial charge in [0.05, 0.1) is 0 Å². The number of amides is 2. The van der Waals surface area contributed by atoms with Crippen LogP contribution in [0.2, 0.25) is 0 Å². The number of hydrogen-bond acceptors (Lipinski definition) is 2. The van der Waals surface area contributed by atoms with Crippen molar-refractivity contribution in [3.63, 3.8) is 0 Å². The van der Waals surface area contributed by atoms with Gasteiger partial charge in [-0.3, -0.25) is 0 Å². The molecule has 1 heterocycles. The molecule has 5 heteroatoms. The summed E-state index contributed by atoms with van der Waals surface area (Å²) in [5.41, 5.74) is 0.826. The molecule has 0 aliphatic carbocycles. The summed E-state index contributed by atoms with van der Waals surface area (Å²) in [6.45, 7) is 3.60. The van der Waals surface area contributed by atoms with Gasteiger partial charge >= 0.3 is 6.03 Å². The minimum atomic E-state index is -0.0107. The number of nitrogens with one attached hydrogen (secondary N) is 1. The van der Waals surface area contributed by atoms with Crippen LogP contribution in [0.3, 0.4) is 0 Å². The Morgan fingerprint density at radius 2 is 2.11 bits per heavy atom. The van der Waals surface area contributed by atoms with Gasteiger partial charge in [0.2, 0.25) is 0 Å². The fourth-order valence-electron chi connectivity index (χ4n) is 2.02. The fraction of sp³-hybridized carbons (Fsp3) is 0.462. The first-order valence-electron chi connectivity index (χ1n) is 6.15. The first-order valence-corrected chi connectivity index (χ1v) is 6.94. The summed E-state index contributed by atoms with van der Waals surface area (Å²) < 4.78 is 0.968. The average Bonchev–Trinajstić information content (AvgIpc) is 2.54. The number of nitrogens with zero attached hydrogens (tertiary/aromatic N) is 2. The number of rotatable bonds is 1. The smallest absolute Gasteiger partial charge is 0.321 e. The molecule has 2 amide bonds. The molecule has 4 nitrogen and oxygen atoms in total. The molecule has 0 saturated carbocycles. The molecule has 1 aromatic carbocycles. The first kappa shape index (κ1) is 13.4. The number of hydrogen-bond donors (Lipinski definition) is 1. The lowest BCUT2D eigenvalue weighted by atomic mass is 10.3. The number of benzene rings is 1. The molecule has 98 valence electrons. The van der Waals surface area contributed by atoms with E-state index in [4.69, 9.17) is 0 Å². The maximum atomic E-state index is 12.1. The van der Waals surface area contributed by atoms with Gasteiger partial charge in [0.25, 0.3) is 0 Å². The van der Waals surface area contributed by atoms with Gasteiger partial charge in [0.15, 0.2) is 0 Å². The minimum Gasteiger partial charge on any atom is -0.323 e. The molecule has 1 saturated heterocycles. The van der Waals surface area contributed by atoms with Crippen molar-refractivity contribution >= 4 is 27.6 Å². The third kappa shape index (κ3) is 3.71. The summed E-state index contributed by atoms with van der Waals surface area (Å²) in [6.07, 6.45) is 1.03. The van der Waals surface area contributed by atoms with Crippen LogP contribution in [0.15, 0.2) is 28.7 Å². The molecular weight excluding hydrogens is 294 g/mol. The van der Waals surface area contributed by atoms with E-state index < -0.39 is 0 Å². The Morgan fingerprint density at radius 3 is 2.89 bits per heavy atom. The summed E-state index contributed by atoms with van der Waals surface area (Å²) in [4.78, 5) is 16.3. The van der Waals surface area contributed by atoms with Crippen LogP contribution in [0.5, 0.6) is 0 Å². The van der Waals surface area contributed by atoms with Crippen molar-refractivity contribution < 1.29 is 4.79 Å². The molecule has 0 spiro atoms. The van der Waals surface area contributed by atoms with Crippen LogP contribution < -0.4 is 5.32 Å². The van der Waals surface area contributed by atoms with Crippen LogP contribution in [0.25, 0.3) is 0 Å². The van der Waals surface area contributed by atoms with Crippen LogP contribution in [0.1, 0.15) is 6.42 Å². The molecule has 0 radical (unpaired) electrons. The standard InChI is InChI=1S/C13H18BrN3O/c1-16-6-3-7-17(9-8-16)13(18)15-12-5-2-4-11(14)10-12/h2,4-5,10H,3,6-9H2,1H3,(H,15,18). The monoisotopic (exact) mass is 311 g/mol. The quantitative estimate of drug-likeness (QED) is 0.865. The van der Waals surface area contributed by atoms with Gasteiger partial charge in [-0.1, -0.05) is 22.0 Å². The van der Waals surface area contributed by atoms with Gasteiger partial charge in [0.1, 0.15) is 0 Å². The zero-order valence-corrected chi connectivity index (χ0v) is 12.1. The third-order valence-electron chi connectivity index (χ3n) is 3.08. The van der Waals surface area contributed by atoms with E-state index in [1.54, 1.807) is 0 Å². The molecule has 1 fully saturated rings. The minimum absolute atomic E-state index is 0.0107. The Kier molecular flexibility index (Phi) is 4.60. The lowest BCUT2D eigenvalue weighted by Gasteiger charge is -2.21. The third-order valence-corrected chi connectivity index (χ3v) is 3.58. The highest BCUT2D eigenvalue weighted by Crippen LogP contribution is 2.16. The predicted molar refractivity (Wildman–Crippen MR) is 76.8 cm³/mol. The Balaban J connectivity index is 1.95. The van der Waals surface area contributed by atoms with Crippen molar-refractivity contribution in [3.05, 3.63) is 28.7 Å². The van der Waals surface area contributed by atoms with Crippen molar-refractivity contribution in [1.29, 1.82) is 0 Å². The van der Waals surface area contributed by atoms with Gasteiger partial charge in [-0.25, -0.2) is 4.79 Å². The Hall–Kier alpha value is -1.07. The van der Waals surface area contributed by atoms with Gasteiger partial charge in [-0.05, 0) is 38.2 Å². The molecule has 0 atom stereocenters. The summed E-state index contributed by atoms with van der Waals surface area (Å²) in [7, 11) is 2.09. The molecule has 1 N–H and O–H groups in total. The summed E-state index contributed by atoms with van der Waals surface area (Å²) in [5, 5.41) is 2.93. The van der Waals surface area contributed by atoms with Crippen molar-refractivity contribution in [2.75, 3.05) is 38.5 Å². The van der Waals surface area contributed by atoms with Crippen LogP contribution in [-0.2, 0) is 0 Å². The lowest BCUT2D eigenvalue weighted by molar-refractivity contribution is 0.213. The Morgan fingerprint density at radius 1 is 1.28 bits per heavy atom. The fourth-order valence-corrected chi connectivity index (χ4v) is 2.42. The highest BCUT2D eigenvalue weighted by atomic mass is 79.9. The lowest BCUT2D eigenvalue weighted by Crippen LogP contribution is -2.37. The van der Waals surface area contributed by atoms with Crippen molar-refractivity contribution in [3.8, 4) is 0 Å². The van der Waals surface area contributed by atoms with Crippen LogP contribution in [0.4, 0.5) is 10.5 Å². The summed E-state index contributed by atoms with van der Waals surface area (Å²) >= 11 is 3.40. The zero-order chi connectivity index (χ0) is 13.0. The Labute approximate surface area is 116 Å². The second-order valence-corrected chi connectivity index (χ2v) is 5.50. The van der Waals surface area contributed by atoms with Crippen molar-refractivity contribution in [1.82, 2.24) is 9.80 Å². The number of anilines is 1. The normalized spacial score (nSPS) is 17.3. The molecule has 0 unspecified atom stereocenters. The van der Waals surface area contributed by atoms with Crippen LogP contribution >= 0.6 is 15.9 Å². The molecule has 0 aromatic heterocycles. The van der Waals surface area contributed by atoms with E-state index in [0.717, 1.165) is 42.8 Å². The SMILES string of the molecule is CN1CCCN(C(=O)Nc2cccc(Br)c2)CC1. The highest BCUT2D eigenvalue weighted by molar-refractivity contribution is 9.10. The van der Waals surface area contributed by atoms with E-state index in [2.05, 4.69) is 33.2 Å². The molecule has 2 rings (SSSR count). The van der Waals surface area contributed by atoms with Gasteiger partial charge in [-0.15, -0.1) is 0 Å². The number of carbonyl (C=O) groups excluding carboxylic acids is 1. The number of carbonyl (C=O) groups is 1. The predicted octanol–water partition coefficient (Wildman–Crippen LogP) is 2.62. The number of likely N-dealkylation sites (N-methyl/N-ethyl adjacent to an activating group) is 1. The molecular formula is C13H18BrN3O. The van der Waals surface area contributed by atoms with E-state index in [1.807, 2.05) is 29.2 Å². The summed E-state index contributed by atoms with van der Waals surface area (Å²) in [5.74, 6) is 0. The zero-order valence-electron chi connectivity index (χ0n) is 10.5. The van der Waals surface area contributed by atoms with Gasteiger partial charge in [0, 0.05) is 29.8 Å². The van der Waals surface area contributed by atoms with E-state index in [9.17, 15) is 4.79 Å². The largest absolute Gasteiger partial charge is 0.323 e. The number of urea groups is 1. The molecule has 0 bridgehead atoms. The van der Waals surface area contributed by atoms with Crippen molar-refractivity contribution in [2.45, 2.75) is 6.42 Å². The van der Waals surface area contributed by atoms with E-state index in [1.165, 1.54) is 0 Å². The summed E-state index contributed by atoms with van der Waals surface area (Å²) in [6, 6.07) is 7.64. The molecule has 1 aromatic rings. The maximum absolute atomic E-state index is 12.1. The molecule has 1 aliphatic rings. The average molecular weight is 312 g/mol. The topological polar surface area (TPSA) is 35.6 Å². The first-order chi connectivity index (χ1) is 8.65. The van der Waals surface area contributed by atoms with Gasteiger partial charge < -0.3 is 15.1 Å². The van der Waals surface area contributed by atoms with Crippen LogP contribution in [0, 0.1) is 0 Å². The molecule has 1 aliphatic heterocycles. The Bertz CT molecular complexity index is 424.